The normalized spacial score (nSPS) is 25.4. The predicted octanol–water partition coefficient (Wildman–Crippen LogP) is 4.15. The summed E-state index contributed by atoms with van der Waals surface area (Å²) in [6.45, 7) is 3.84. The number of likely N-dealkylation sites (N-methyl/N-ethyl adjacent to an activating group) is 1. The molecule has 1 atom stereocenters. The molecule has 1 saturated heterocycles. The van der Waals surface area contributed by atoms with Crippen LogP contribution in [0.1, 0.15) is 30.9 Å². The van der Waals surface area contributed by atoms with Crippen LogP contribution in [-0.4, -0.2) is 41.0 Å². The van der Waals surface area contributed by atoms with Gasteiger partial charge in [0, 0.05) is 12.2 Å². The second-order valence-electron chi connectivity index (χ2n) is 7.09. The van der Waals surface area contributed by atoms with Crippen LogP contribution in [0.2, 0.25) is 0 Å². The summed E-state index contributed by atoms with van der Waals surface area (Å²) in [5, 5.41) is 0. The molecule has 0 N–H and O–H groups in total. The van der Waals surface area contributed by atoms with E-state index in [0.29, 0.717) is 0 Å². The first-order valence-corrected chi connectivity index (χ1v) is 9.06. The van der Waals surface area contributed by atoms with E-state index >= 15 is 0 Å². The fourth-order valence-electron chi connectivity index (χ4n) is 3.90. The Morgan fingerprint density at radius 3 is 2.50 bits per heavy atom. The zero-order chi connectivity index (χ0) is 17.8. The van der Waals surface area contributed by atoms with Crippen molar-refractivity contribution in [1.82, 2.24) is 4.90 Å². The Morgan fingerprint density at radius 2 is 1.92 bits per heavy atom. The van der Waals surface area contributed by atoms with E-state index in [2.05, 4.69) is 23.8 Å². The molecule has 24 heavy (non-hydrogen) atoms. The van der Waals surface area contributed by atoms with Gasteiger partial charge in [-0.2, -0.15) is 13.2 Å². The molecule has 1 fully saturated rings. The fourth-order valence-corrected chi connectivity index (χ4v) is 4.88. The minimum atomic E-state index is -4.20. The maximum atomic E-state index is 12.7. The lowest BCUT2D eigenvalue weighted by Gasteiger charge is -2.50. The number of likely N-dealkylation sites (tertiary alicyclic amines) is 1. The van der Waals surface area contributed by atoms with Gasteiger partial charge in [-0.1, -0.05) is 12.1 Å². The largest absolute Gasteiger partial charge is 0.393 e. The minimum Gasteiger partial charge on any atom is -0.347 e. The van der Waals surface area contributed by atoms with Crippen molar-refractivity contribution in [3.8, 4) is 0 Å². The molecule has 2 aliphatic rings. The van der Waals surface area contributed by atoms with Gasteiger partial charge in [-0.15, -0.1) is 25.3 Å². The van der Waals surface area contributed by atoms with Crippen molar-refractivity contribution in [3.05, 3.63) is 29.3 Å². The maximum Gasteiger partial charge on any atom is 0.393 e. The van der Waals surface area contributed by atoms with Crippen molar-refractivity contribution in [2.24, 2.45) is 0 Å². The van der Waals surface area contributed by atoms with Gasteiger partial charge in [0.1, 0.15) is 4.20 Å². The first kappa shape index (κ1) is 18.3. The zero-order valence-corrected chi connectivity index (χ0v) is 15.7. The van der Waals surface area contributed by atoms with Gasteiger partial charge >= 0.3 is 6.18 Å². The number of nitrogens with zero attached hydrogens (tertiary/aromatic N) is 2. The second kappa shape index (κ2) is 6.02. The molecule has 0 radical (unpaired) electrons. The lowest BCUT2D eigenvalue weighted by Crippen LogP contribution is -2.60. The van der Waals surface area contributed by atoms with Gasteiger partial charge in [0.05, 0.1) is 12.0 Å². The molecular weight excluding hydrogens is 353 g/mol. The van der Waals surface area contributed by atoms with Crippen LogP contribution < -0.4 is 4.90 Å². The average molecular weight is 377 g/mol. The summed E-state index contributed by atoms with van der Waals surface area (Å²) in [5.74, 6) is 0. The molecular formula is C17H23F3N2S2. The number of fused-ring (bicyclic) bond motifs is 1. The van der Waals surface area contributed by atoms with E-state index < -0.39 is 16.8 Å². The molecule has 7 heteroatoms. The van der Waals surface area contributed by atoms with E-state index in [1.54, 1.807) is 12.1 Å². The van der Waals surface area contributed by atoms with Crippen molar-refractivity contribution >= 4 is 30.9 Å². The van der Waals surface area contributed by atoms with E-state index in [1.165, 1.54) is 0 Å². The molecule has 2 aliphatic heterocycles. The highest BCUT2D eigenvalue weighted by atomic mass is 32.2. The summed E-state index contributed by atoms with van der Waals surface area (Å²) in [5.41, 5.74) is 1.94. The number of alkyl halides is 3. The molecule has 0 saturated carbocycles. The van der Waals surface area contributed by atoms with Crippen LogP contribution in [-0.2, 0) is 12.8 Å². The Hall–Kier alpha value is -0.530. The topological polar surface area (TPSA) is 6.48 Å². The molecule has 0 bridgehead atoms. The standard InChI is InChI=1S/C17H23F3N2S2/c1-15(7-3-8-21(15)2)17(23,24)22-9-6-13-5-4-12(10-14(13)22)11-16(18,19)20/h4-5,10,23-24H,3,6-9,11H2,1-2H3/t15-/m1/s1. The zero-order valence-electron chi connectivity index (χ0n) is 13.9. The van der Waals surface area contributed by atoms with Crippen molar-refractivity contribution < 1.29 is 13.2 Å². The average Bonchev–Trinajstić information content (AvgIpc) is 3.02. The van der Waals surface area contributed by atoms with Crippen molar-refractivity contribution in [1.29, 1.82) is 0 Å². The molecule has 1 aromatic carbocycles. The Balaban J connectivity index is 1.94. The first-order chi connectivity index (χ1) is 11.0. The Morgan fingerprint density at radius 1 is 1.21 bits per heavy atom. The first-order valence-electron chi connectivity index (χ1n) is 8.17. The third kappa shape index (κ3) is 3.03. The summed E-state index contributed by atoms with van der Waals surface area (Å²) in [6.07, 6.45) is -2.26. The third-order valence-corrected chi connectivity index (χ3v) is 6.99. The van der Waals surface area contributed by atoms with E-state index in [-0.39, 0.29) is 11.1 Å². The summed E-state index contributed by atoms with van der Waals surface area (Å²) < 4.78 is 37.4. The number of hydrogen-bond acceptors (Lipinski definition) is 4. The van der Waals surface area contributed by atoms with Crippen LogP contribution >= 0.6 is 25.3 Å². The van der Waals surface area contributed by atoms with Crippen molar-refractivity contribution in [2.75, 3.05) is 25.0 Å². The van der Waals surface area contributed by atoms with Crippen LogP contribution in [0.15, 0.2) is 18.2 Å². The lowest BCUT2D eigenvalue weighted by atomic mass is 9.96. The molecule has 2 heterocycles. The van der Waals surface area contributed by atoms with Crippen LogP contribution in [0, 0.1) is 0 Å². The number of hydrogen-bond donors (Lipinski definition) is 2. The van der Waals surface area contributed by atoms with Gasteiger partial charge in [0.2, 0.25) is 0 Å². The van der Waals surface area contributed by atoms with Crippen LogP contribution in [0.25, 0.3) is 0 Å². The molecule has 0 spiro atoms. The third-order valence-electron chi connectivity index (χ3n) is 5.55. The number of benzene rings is 1. The lowest BCUT2D eigenvalue weighted by molar-refractivity contribution is -0.127. The molecule has 0 amide bonds. The van der Waals surface area contributed by atoms with E-state index in [0.717, 1.165) is 43.6 Å². The minimum absolute atomic E-state index is 0.249. The second-order valence-corrected chi connectivity index (χ2v) is 8.74. The highest BCUT2D eigenvalue weighted by Crippen LogP contribution is 2.49. The molecule has 134 valence electrons. The number of anilines is 1. The summed E-state index contributed by atoms with van der Waals surface area (Å²) in [4.78, 5) is 4.32. The summed E-state index contributed by atoms with van der Waals surface area (Å²) in [7, 11) is 2.06. The summed E-state index contributed by atoms with van der Waals surface area (Å²) in [6, 6.07) is 5.06. The summed E-state index contributed by atoms with van der Waals surface area (Å²) >= 11 is 9.79. The SMILES string of the molecule is CN1CCC[C@]1(C)C(S)(S)N1CCc2ccc(CC(F)(F)F)cc21. The Labute approximate surface area is 152 Å². The van der Waals surface area contributed by atoms with E-state index in [1.807, 2.05) is 6.07 Å². The van der Waals surface area contributed by atoms with Crippen molar-refractivity contribution in [2.45, 2.75) is 48.5 Å². The van der Waals surface area contributed by atoms with Crippen molar-refractivity contribution in [3.63, 3.8) is 0 Å². The van der Waals surface area contributed by atoms with Crippen LogP contribution in [0.5, 0.6) is 0 Å². The molecule has 3 rings (SSSR count). The fraction of sp³-hybridized carbons (Fsp3) is 0.647. The molecule has 0 aliphatic carbocycles. The Bertz CT molecular complexity index is 633. The number of halogens is 3. The maximum absolute atomic E-state index is 12.7. The molecule has 0 aromatic heterocycles. The van der Waals surface area contributed by atoms with Gasteiger partial charge in [-0.05, 0) is 57.0 Å². The Kier molecular flexibility index (Phi) is 4.58. The highest BCUT2D eigenvalue weighted by Gasteiger charge is 2.53. The van der Waals surface area contributed by atoms with E-state index in [4.69, 9.17) is 25.3 Å². The number of rotatable bonds is 3. The highest BCUT2D eigenvalue weighted by molar-refractivity contribution is 8.01. The monoisotopic (exact) mass is 376 g/mol. The quantitative estimate of drug-likeness (QED) is 0.604. The smallest absolute Gasteiger partial charge is 0.347 e. The van der Waals surface area contributed by atoms with E-state index in [9.17, 15) is 13.2 Å². The molecule has 1 aromatic rings. The molecule has 2 nitrogen and oxygen atoms in total. The van der Waals surface area contributed by atoms with Gasteiger partial charge in [0.15, 0.2) is 0 Å². The number of thiol groups is 2. The van der Waals surface area contributed by atoms with Gasteiger partial charge in [0.25, 0.3) is 0 Å². The van der Waals surface area contributed by atoms with Gasteiger partial charge < -0.3 is 4.90 Å². The van der Waals surface area contributed by atoms with Crippen LogP contribution in [0.4, 0.5) is 18.9 Å². The molecule has 0 unspecified atom stereocenters. The predicted molar refractivity (Wildman–Crippen MR) is 98.2 cm³/mol. The van der Waals surface area contributed by atoms with Crippen LogP contribution in [0.3, 0.4) is 0 Å². The van der Waals surface area contributed by atoms with Gasteiger partial charge in [-0.25, -0.2) is 0 Å². The van der Waals surface area contributed by atoms with Gasteiger partial charge in [-0.3, -0.25) is 4.90 Å².